The van der Waals surface area contributed by atoms with Gasteiger partial charge >= 0.3 is 0 Å². The van der Waals surface area contributed by atoms with Gasteiger partial charge in [-0.3, -0.25) is 4.68 Å². The zero-order valence-corrected chi connectivity index (χ0v) is 12.4. The van der Waals surface area contributed by atoms with Crippen LogP contribution in [0.5, 0.6) is 0 Å². The van der Waals surface area contributed by atoms with Crippen molar-refractivity contribution in [3.05, 3.63) is 41.5 Å². The molecule has 0 saturated heterocycles. The Kier molecular flexibility index (Phi) is 3.66. The first-order valence-corrected chi connectivity index (χ1v) is 7.61. The SMILES string of the molecule is CC(C)n1ccc(Cn2cc3c(c2)C(N)CCCC3)n1. The third-order valence-corrected chi connectivity index (χ3v) is 4.15. The van der Waals surface area contributed by atoms with Crippen molar-refractivity contribution >= 4 is 0 Å². The maximum Gasteiger partial charge on any atom is 0.0821 e. The Morgan fingerprint density at radius 1 is 1.35 bits per heavy atom. The van der Waals surface area contributed by atoms with Gasteiger partial charge in [0.2, 0.25) is 0 Å². The number of aryl methyl sites for hydroxylation is 1. The Hall–Kier alpha value is -1.55. The molecule has 2 N–H and O–H groups in total. The van der Waals surface area contributed by atoms with Crippen molar-refractivity contribution in [1.29, 1.82) is 0 Å². The molecule has 0 saturated carbocycles. The Morgan fingerprint density at radius 3 is 2.95 bits per heavy atom. The van der Waals surface area contributed by atoms with Crippen LogP contribution in [0.1, 0.15) is 62.0 Å². The van der Waals surface area contributed by atoms with E-state index in [9.17, 15) is 0 Å². The van der Waals surface area contributed by atoms with Gasteiger partial charge in [-0.15, -0.1) is 0 Å². The van der Waals surface area contributed by atoms with Crippen LogP contribution in [0.4, 0.5) is 0 Å². The molecule has 108 valence electrons. The summed E-state index contributed by atoms with van der Waals surface area (Å²) in [7, 11) is 0. The molecule has 1 atom stereocenters. The highest BCUT2D eigenvalue weighted by atomic mass is 15.3. The third kappa shape index (κ3) is 2.66. The van der Waals surface area contributed by atoms with Gasteiger partial charge in [0.05, 0.1) is 12.2 Å². The van der Waals surface area contributed by atoms with Crippen LogP contribution in [-0.2, 0) is 13.0 Å². The van der Waals surface area contributed by atoms with Gasteiger partial charge in [0, 0.05) is 30.7 Å². The number of hydrogen-bond acceptors (Lipinski definition) is 2. The predicted octanol–water partition coefficient (Wildman–Crippen LogP) is 3.04. The van der Waals surface area contributed by atoms with Crippen LogP contribution in [0.15, 0.2) is 24.7 Å². The zero-order valence-electron chi connectivity index (χ0n) is 12.4. The number of nitrogens with two attached hydrogens (primary N) is 1. The molecule has 1 unspecified atom stereocenters. The minimum atomic E-state index is 0.210. The summed E-state index contributed by atoms with van der Waals surface area (Å²) >= 11 is 0. The molecule has 4 nitrogen and oxygen atoms in total. The summed E-state index contributed by atoms with van der Waals surface area (Å²) < 4.78 is 4.25. The lowest BCUT2D eigenvalue weighted by atomic mass is 10.1. The van der Waals surface area contributed by atoms with E-state index in [-0.39, 0.29) is 6.04 Å². The second-order valence-electron chi connectivity index (χ2n) is 6.14. The van der Waals surface area contributed by atoms with Crippen LogP contribution >= 0.6 is 0 Å². The number of fused-ring (bicyclic) bond motifs is 1. The lowest BCUT2D eigenvalue weighted by Gasteiger charge is -2.07. The third-order valence-electron chi connectivity index (χ3n) is 4.15. The van der Waals surface area contributed by atoms with E-state index >= 15 is 0 Å². The molecule has 2 aromatic rings. The second kappa shape index (κ2) is 5.44. The van der Waals surface area contributed by atoms with E-state index in [0.29, 0.717) is 6.04 Å². The smallest absolute Gasteiger partial charge is 0.0821 e. The summed E-state index contributed by atoms with van der Waals surface area (Å²) in [6.07, 6.45) is 11.3. The molecule has 0 fully saturated rings. The van der Waals surface area contributed by atoms with Gasteiger partial charge in [-0.05, 0) is 50.3 Å². The summed E-state index contributed by atoms with van der Waals surface area (Å²) in [5.41, 5.74) is 10.1. The molecule has 0 bridgehead atoms. The summed E-state index contributed by atoms with van der Waals surface area (Å²) in [6, 6.07) is 2.73. The molecule has 0 amide bonds. The van der Waals surface area contributed by atoms with E-state index in [0.717, 1.165) is 25.1 Å². The highest BCUT2D eigenvalue weighted by molar-refractivity contribution is 5.29. The van der Waals surface area contributed by atoms with E-state index in [2.05, 4.69) is 48.2 Å². The fourth-order valence-electron chi connectivity index (χ4n) is 2.98. The van der Waals surface area contributed by atoms with Crippen molar-refractivity contribution < 1.29 is 0 Å². The van der Waals surface area contributed by atoms with Crippen LogP contribution < -0.4 is 5.73 Å². The Labute approximate surface area is 120 Å². The van der Waals surface area contributed by atoms with Gasteiger partial charge in [0.1, 0.15) is 0 Å². The molecule has 0 radical (unpaired) electrons. The first-order chi connectivity index (χ1) is 9.63. The minimum Gasteiger partial charge on any atom is -0.348 e. The molecule has 3 rings (SSSR count). The van der Waals surface area contributed by atoms with E-state index in [1.165, 1.54) is 24.0 Å². The fraction of sp³-hybridized carbons (Fsp3) is 0.562. The maximum atomic E-state index is 6.26. The van der Waals surface area contributed by atoms with Crippen molar-refractivity contribution in [3.63, 3.8) is 0 Å². The van der Waals surface area contributed by atoms with E-state index in [1.807, 2.05) is 4.68 Å². The summed E-state index contributed by atoms with van der Waals surface area (Å²) in [6.45, 7) is 5.13. The topological polar surface area (TPSA) is 48.8 Å². The zero-order chi connectivity index (χ0) is 14.1. The maximum absolute atomic E-state index is 6.26. The van der Waals surface area contributed by atoms with Crippen LogP contribution in [0.25, 0.3) is 0 Å². The minimum absolute atomic E-state index is 0.210. The summed E-state index contributed by atoms with van der Waals surface area (Å²) in [4.78, 5) is 0. The lowest BCUT2D eigenvalue weighted by Crippen LogP contribution is -2.09. The quantitative estimate of drug-likeness (QED) is 0.873. The summed E-state index contributed by atoms with van der Waals surface area (Å²) in [5, 5.41) is 4.61. The molecule has 4 heteroatoms. The lowest BCUT2D eigenvalue weighted by molar-refractivity contribution is 0.523. The van der Waals surface area contributed by atoms with Crippen molar-refractivity contribution in [3.8, 4) is 0 Å². The molecule has 20 heavy (non-hydrogen) atoms. The number of hydrogen-bond donors (Lipinski definition) is 1. The van der Waals surface area contributed by atoms with Gasteiger partial charge in [-0.2, -0.15) is 5.10 Å². The molecular formula is C16H24N4. The fourth-order valence-corrected chi connectivity index (χ4v) is 2.98. The molecule has 0 spiro atoms. The average Bonchev–Trinajstić information content (AvgIpc) is 2.99. The van der Waals surface area contributed by atoms with E-state index in [4.69, 9.17) is 5.73 Å². The predicted molar refractivity (Wildman–Crippen MR) is 80.6 cm³/mol. The van der Waals surface area contributed by atoms with Crippen molar-refractivity contribution in [2.24, 2.45) is 5.73 Å². The highest BCUT2D eigenvalue weighted by Crippen LogP contribution is 2.27. The molecule has 2 heterocycles. The highest BCUT2D eigenvalue weighted by Gasteiger charge is 2.17. The second-order valence-corrected chi connectivity index (χ2v) is 6.14. The Morgan fingerprint density at radius 2 is 2.20 bits per heavy atom. The summed E-state index contributed by atoms with van der Waals surface area (Å²) in [5.74, 6) is 0. The van der Waals surface area contributed by atoms with Gasteiger partial charge in [-0.1, -0.05) is 6.42 Å². The Bertz CT molecular complexity index is 579. The number of nitrogens with zero attached hydrogens (tertiary/aromatic N) is 3. The van der Waals surface area contributed by atoms with Gasteiger partial charge in [0.15, 0.2) is 0 Å². The van der Waals surface area contributed by atoms with Crippen LogP contribution in [0.2, 0.25) is 0 Å². The molecule has 1 aliphatic carbocycles. The first kappa shape index (κ1) is 13.4. The molecular weight excluding hydrogens is 248 g/mol. The normalized spacial score (nSPS) is 19.1. The number of rotatable bonds is 3. The molecule has 2 aromatic heterocycles. The first-order valence-electron chi connectivity index (χ1n) is 7.61. The largest absolute Gasteiger partial charge is 0.348 e. The van der Waals surface area contributed by atoms with Gasteiger partial charge < -0.3 is 10.3 Å². The molecule has 0 aliphatic heterocycles. The van der Waals surface area contributed by atoms with Gasteiger partial charge in [-0.25, -0.2) is 0 Å². The van der Waals surface area contributed by atoms with Crippen LogP contribution in [0, 0.1) is 0 Å². The molecule has 0 aromatic carbocycles. The van der Waals surface area contributed by atoms with E-state index < -0.39 is 0 Å². The standard InChI is InChI=1S/C16H24N4/c1-12(2)20-8-7-14(18-20)10-19-9-13-5-3-4-6-16(17)15(13)11-19/h7-9,11-12,16H,3-6,10,17H2,1-2H3. The Balaban J connectivity index is 1.79. The average molecular weight is 272 g/mol. The number of aromatic nitrogens is 3. The van der Waals surface area contributed by atoms with Crippen LogP contribution in [-0.4, -0.2) is 14.3 Å². The van der Waals surface area contributed by atoms with Gasteiger partial charge in [0.25, 0.3) is 0 Å². The monoisotopic (exact) mass is 272 g/mol. The molecule has 1 aliphatic rings. The van der Waals surface area contributed by atoms with Crippen molar-refractivity contribution in [2.75, 3.05) is 0 Å². The van der Waals surface area contributed by atoms with Crippen molar-refractivity contribution in [2.45, 2.75) is 58.2 Å². The van der Waals surface area contributed by atoms with Crippen LogP contribution in [0.3, 0.4) is 0 Å². The van der Waals surface area contributed by atoms with E-state index in [1.54, 1.807) is 0 Å². The van der Waals surface area contributed by atoms with Crippen molar-refractivity contribution in [1.82, 2.24) is 14.3 Å².